The van der Waals surface area contributed by atoms with Gasteiger partial charge in [-0.05, 0) is 56.4 Å². The topological polar surface area (TPSA) is 37.6 Å². The minimum absolute atomic E-state index is 0.335. The highest BCUT2D eigenvalue weighted by Gasteiger charge is 2.27. The maximum absolute atomic E-state index is 12.3. The van der Waals surface area contributed by atoms with Crippen LogP contribution in [0.5, 0.6) is 0 Å². The van der Waals surface area contributed by atoms with Crippen LogP contribution in [0.4, 0.5) is 11.5 Å². The summed E-state index contributed by atoms with van der Waals surface area (Å²) in [6, 6.07) is 12.1. The Morgan fingerprint density at radius 3 is 2.62 bits per heavy atom. The van der Waals surface area contributed by atoms with Gasteiger partial charge in [0.1, 0.15) is 11.5 Å². The first kappa shape index (κ1) is 16.6. The largest absolute Gasteiger partial charge is 0.285 e. The van der Waals surface area contributed by atoms with Gasteiger partial charge in [-0.1, -0.05) is 36.4 Å². The van der Waals surface area contributed by atoms with Crippen LogP contribution in [-0.2, 0) is 4.79 Å². The van der Waals surface area contributed by atoms with Crippen LogP contribution in [0.25, 0.3) is 5.65 Å². The van der Waals surface area contributed by atoms with Crippen molar-refractivity contribution in [3.05, 3.63) is 71.6 Å². The van der Waals surface area contributed by atoms with Crippen molar-refractivity contribution in [2.24, 2.45) is 0 Å². The summed E-state index contributed by atoms with van der Waals surface area (Å²) in [5, 5.41) is 0. The first-order chi connectivity index (χ1) is 12.7. The number of carbonyl (C=O) groups is 1. The van der Waals surface area contributed by atoms with Crippen molar-refractivity contribution < 1.29 is 4.79 Å². The first-order valence-corrected chi connectivity index (χ1v) is 9.13. The van der Waals surface area contributed by atoms with Gasteiger partial charge in [0.15, 0.2) is 0 Å². The predicted molar refractivity (Wildman–Crippen MR) is 105 cm³/mol. The van der Waals surface area contributed by atoms with E-state index in [-0.39, 0.29) is 0 Å². The summed E-state index contributed by atoms with van der Waals surface area (Å²) in [4.78, 5) is 19.0. The molecule has 0 saturated carbocycles. The monoisotopic (exact) mass is 345 g/mol. The quantitative estimate of drug-likeness (QED) is 0.489. The second-order valence-corrected chi connectivity index (χ2v) is 6.95. The Balaban J connectivity index is 1.96. The number of fused-ring (bicyclic) bond motifs is 1. The molecule has 0 saturated heterocycles. The number of hydrogen-bond acceptors (Lipinski definition) is 2. The first-order valence-electron chi connectivity index (χ1n) is 9.13. The van der Waals surface area contributed by atoms with Crippen molar-refractivity contribution in [2.75, 3.05) is 4.90 Å². The van der Waals surface area contributed by atoms with Gasteiger partial charge in [-0.25, -0.2) is 4.98 Å². The van der Waals surface area contributed by atoms with Crippen LogP contribution in [0.15, 0.2) is 54.7 Å². The molecule has 26 heavy (non-hydrogen) atoms. The van der Waals surface area contributed by atoms with Crippen molar-refractivity contribution in [1.29, 1.82) is 0 Å². The maximum atomic E-state index is 12.3. The Hall–Kier alpha value is -2.88. The Morgan fingerprint density at radius 1 is 1.12 bits per heavy atom. The SMILES string of the molecule is Cc1cccc(C)c1N(C=O)c1c(C2CC=CCC2)nc2ccccn12. The molecule has 0 spiro atoms. The van der Waals surface area contributed by atoms with Crippen molar-refractivity contribution in [3.63, 3.8) is 0 Å². The van der Waals surface area contributed by atoms with E-state index < -0.39 is 0 Å². The van der Waals surface area contributed by atoms with E-state index in [0.717, 1.165) is 59.6 Å². The number of benzene rings is 1. The normalized spacial score (nSPS) is 16.8. The van der Waals surface area contributed by atoms with Crippen molar-refractivity contribution in [2.45, 2.75) is 39.0 Å². The zero-order valence-corrected chi connectivity index (χ0v) is 15.2. The molecule has 0 fully saturated rings. The van der Waals surface area contributed by atoms with Gasteiger partial charge in [0.25, 0.3) is 0 Å². The van der Waals surface area contributed by atoms with Gasteiger partial charge >= 0.3 is 0 Å². The number of carbonyl (C=O) groups excluding carboxylic acids is 1. The summed E-state index contributed by atoms with van der Waals surface area (Å²) in [7, 11) is 0. The van der Waals surface area contributed by atoms with Crippen molar-refractivity contribution in [3.8, 4) is 0 Å². The standard InChI is InChI=1S/C22H23N3O/c1-16-9-8-10-17(2)21(16)25(15-26)22-20(18-11-4-3-5-12-18)23-19-13-6-7-14-24(19)22/h3-4,6-10,13-15,18H,5,11-12H2,1-2H3. The molecule has 2 aromatic heterocycles. The molecule has 132 valence electrons. The molecule has 1 aliphatic rings. The molecule has 3 aromatic rings. The van der Waals surface area contributed by atoms with E-state index in [0.29, 0.717) is 5.92 Å². The van der Waals surface area contributed by atoms with E-state index in [1.807, 2.05) is 60.8 Å². The molecule has 1 amide bonds. The van der Waals surface area contributed by atoms with Gasteiger partial charge in [-0.3, -0.25) is 14.1 Å². The highest BCUT2D eigenvalue weighted by Crippen LogP contribution is 2.39. The summed E-state index contributed by atoms with van der Waals surface area (Å²) < 4.78 is 2.04. The fourth-order valence-corrected chi connectivity index (χ4v) is 3.95. The lowest BCUT2D eigenvalue weighted by Gasteiger charge is -2.25. The van der Waals surface area contributed by atoms with Crippen LogP contribution in [0.3, 0.4) is 0 Å². The average Bonchev–Trinajstić information content (AvgIpc) is 3.05. The molecule has 4 nitrogen and oxygen atoms in total. The van der Waals surface area contributed by atoms with Crippen LogP contribution in [0.1, 0.15) is 42.0 Å². The highest BCUT2D eigenvalue weighted by molar-refractivity contribution is 5.89. The Kier molecular flexibility index (Phi) is 4.33. The van der Waals surface area contributed by atoms with Crippen LogP contribution in [0, 0.1) is 13.8 Å². The van der Waals surface area contributed by atoms with Crippen LogP contribution in [-0.4, -0.2) is 15.8 Å². The van der Waals surface area contributed by atoms with Gasteiger partial charge in [0, 0.05) is 12.1 Å². The predicted octanol–water partition coefficient (Wildman–Crippen LogP) is 5.07. The Morgan fingerprint density at radius 2 is 1.92 bits per heavy atom. The number of rotatable bonds is 4. The maximum Gasteiger partial charge on any atom is 0.219 e. The average molecular weight is 345 g/mol. The number of nitrogens with zero attached hydrogens (tertiary/aromatic N) is 3. The Bertz CT molecular complexity index is 966. The third-order valence-corrected chi connectivity index (χ3v) is 5.20. The lowest BCUT2D eigenvalue weighted by molar-refractivity contribution is -0.106. The van der Waals surface area contributed by atoms with Crippen LogP contribution < -0.4 is 4.90 Å². The van der Waals surface area contributed by atoms with E-state index in [1.54, 1.807) is 4.90 Å². The van der Waals surface area contributed by atoms with Gasteiger partial charge in [-0.15, -0.1) is 0 Å². The van der Waals surface area contributed by atoms with E-state index in [1.165, 1.54) is 0 Å². The molecule has 2 heterocycles. The lowest BCUT2D eigenvalue weighted by atomic mass is 9.91. The number of hydrogen-bond donors (Lipinski definition) is 0. The third-order valence-electron chi connectivity index (χ3n) is 5.20. The van der Waals surface area contributed by atoms with Crippen molar-refractivity contribution >= 4 is 23.6 Å². The molecule has 1 aliphatic carbocycles. The molecule has 0 aliphatic heterocycles. The fraction of sp³-hybridized carbons (Fsp3) is 0.273. The molecule has 4 heteroatoms. The second-order valence-electron chi connectivity index (χ2n) is 6.95. The molecular weight excluding hydrogens is 322 g/mol. The molecule has 1 atom stereocenters. The number of para-hydroxylation sites is 1. The summed E-state index contributed by atoms with van der Waals surface area (Å²) in [5.74, 6) is 1.20. The number of aryl methyl sites for hydroxylation is 2. The summed E-state index contributed by atoms with van der Waals surface area (Å²) >= 11 is 0. The van der Waals surface area contributed by atoms with Gasteiger partial charge in [0.2, 0.25) is 6.41 Å². The van der Waals surface area contributed by atoms with Crippen LogP contribution >= 0.6 is 0 Å². The van der Waals surface area contributed by atoms with E-state index >= 15 is 0 Å². The van der Waals surface area contributed by atoms with Gasteiger partial charge in [0.05, 0.1) is 11.4 Å². The smallest absolute Gasteiger partial charge is 0.219 e. The number of pyridine rings is 1. The van der Waals surface area contributed by atoms with E-state index in [9.17, 15) is 4.79 Å². The molecule has 4 rings (SSSR count). The minimum Gasteiger partial charge on any atom is -0.285 e. The number of allylic oxidation sites excluding steroid dienone is 2. The molecule has 0 bridgehead atoms. The van der Waals surface area contributed by atoms with E-state index in [4.69, 9.17) is 4.98 Å². The summed E-state index contributed by atoms with van der Waals surface area (Å²) in [5.41, 5.74) is 5.00. The van der Waals surface area contributed by atoms with Gasteiger partial charge < -0.3 is 0 Å². The van der Waals surface area contributed by atoms with Gasteiger partial charge in [-0.2, -0.15) is 0 Å². The zero-order chi connectivity index (χ0) is 18.1. The molecule has 1 unspecified atom stereocenters. The summed E-state index contributed by atoms with van der Waals surface area (Å²) in [6.45, 7) is 4.09. The fourth-order valence-electron chi connectivity index (χ4n) is 3.95. The molecule has 0 radical (unpaired) electrons. The number of aromatic nitrogens is 2. The number of amides is 1. The number of anilines is 2. The lowest BCUT2D eigenvalue weighted by Crippen LogP contribution is -2.21. The van der Waals surface area contributed by atoms with E-state index in [2.05, 4.69) is 12.2 Å². The highest BCUT2D eigenvalue weighted by atomic mass is 16.1. The number of imidazole rings is 1. The third kappa shape index (κ3) is 2.71. The minimum atomic E-state index is 0.335. The Labute approximate surface area is 153 Å². The zero-order valence-electron chi connectivity index (χ0n) is 15.2. The molecular formula is C22H23N3O. The molecule has 1 aromatic carbocycles. The van der Waals surface area contributed by atoms with Crippen LogP contribution in [0.2, 0.25) is 0 Å². The summed E-state index contributed by atoms with van der Waals surface area (Å²) in [6.07, 6.45) is 10.5. The second kappa shape index (κ2) is 6.79. The van der Waals surface area contributed by atoms with Crippen molar-refractivity contribution in [1.82, 2.24) is 9.38 Å². The molecule has 0 N–H and O–H groups in total.